The first-order valence-corrected chi connectivity index (χ1v) is 14.7. The SMILES string of the molecule is CCCCCNC(CCN1CCC(c2nc(Cc3ccc(PC(F)(F)F)cc3)no2)CC1)c1ccccc1. The van der Waals surface area contributed by atoms with Crippen molar-refractivity contribution in [2.45, 2.75) is 69.7 Å². The summed E-state index contributed by atoms with van der Waals surface area (Å²) in [5, 5.41) is 8.19. The molecule has 0 radical (unpaired) electrons. The van der Waals surface area contributed by atoms with Gasteiger partial charge in [0.25, 0.3) is 0 Å². The quantitative estimate of drug-likeness (QED) is 0.194. The van der Waals surface area contributed by atoms with E-state index in [0.717, 1.165) is 51.0 Å². The molecule has 1 aliphatic heterocycles. The Morgan fingerprint density at radius 2 is 1.79 bits per heavy atom. The third kappa shape index (κ3) is 9.18. The van der Waals surface area contributed by atoms with Crippen LogP contribution in [-0.4, -0.2) is 47.1 Å². The number of nitrogens with one attached hydrogen (secondary N) is 1. The number of unbranched alkanes of at least 4 members (excludes halogenated alkanes) is 2. The minimum absolute atomic E-state index is 0.250. The monoisotopic (exact) mass is 546 g/mol. The topological polar surface area (TPSA) is 54.2 Å². The second kappa shape index (κ2) is 14.2. The zero-order chi connectivity index (χ0) is 26.8. The molecule has 0 spiro atoms. The summed E-state index contributed by atoms with van der Waals surface area (Å²) in [4.78, 5) is 7.14. The second-order valence-corrected chi connectivity index (χ2v) is 11.5. The van der Waals surface area contributed by atoms with Crippen LogP contribution in [0.25, 0.3) is 0 Å². The maximum absolute atomic E-state index is 12.6. The lowest BCUT2D eigenvalue weighted by atomic mass is 9.96. The lowest BCUT2D eigenvalue weighted by molar-refractivity contribution is -0.0359. The normalized spacial score (nSPS) is 16.4. The first-order chi connectivity index (χ1) is 18.4. The van der Waals surface area contributed by atoms with Gasteiger partial charge in [0.2, 0.25) is 5.89 Å². The summed E-state index contributed by atoms with van der Waals surface area (Å²) in [5.41, 5.74) is 2.23. The van der Waals surface area contributed by atoms with Crippen molar-refractivity contribution in [2.24, 2.45) is 0 Å². The highest BCUT2D eigenvalue weighted by Gasteiger charge is 2.28. The van der Waals surface area contributed by atoms with Crippen molar-refractivity contribution in [1.82, 2.24) is 20.4 Å². The minimum Gasteiger partial charge on any atom is -0.339 e. The molecule has 1 saturated heterocycles. The molecule has 0 aliphatic carbocycles. The Balaban J connectivity index is 1.23. The van der Waals surface area contributed by atoms with Crippen LogP contribution < -0.4 is 10.6 Å². The van der Waals surface area contributed by atoms with E-state index in [1.807, 2.05) is 0 Å². The predicted molar refractivity (Wildman–Crippen MR) is 147 cm³/mol. The molecule has 4 rings (SSSR count). The summed E-state index contributed by atoms with van der Waals surface area (Å²) in [7, 11) is -1.18. The van der Waals surface area contributed by atoms with Crippen molar-refractivity contribution in [2.75, 3.05) is 26.2 Å². The van der Waals surface area contributed by atoms with E-state index < -0.39 is 14.5 Å². The molecule has 2 unspecified atom stereocenters. The average molecular weight is 547 g/mol. The first-order valence-electron chi connectivity index (χ1n) is 13.7. The molecule has 1 N–H and O–H groups in total. The van der Waals surface area contributed by atoms with Crippen LogP contribution in [0.4, 0.5) is 13.2 Å². The number of piperidine rings is 1. The van der Waals surface area contributed by atoms with Crippen molar-refractivity contribution in [1.29, 1.82) is 0 Å². The van der Waals surface area contributed by atoms with Gasteiger partial charge in [0.1, 0.15) is 0 Å². The van der Waals surface area contributed by atoms with Crippen LogP contribution in [0.15, 0.2) is 59.1 Å². The molecule has 5 nitrogen and oxygen atoms in total. The van der Waals surface area contributed by atoms with Gasteiger partial charge < -0.3 is 14.7 Å². The summed E-state index contributed by atoms with van der Waals surface area (Å²) >= 11 is 0. The molecule has 0 amide bonds. The molecule has 3 aromatic rings. The zero-order valence-electron chi connectivity index (χ0n) is 22.0. The summed E-state index contributed by atoms with van der Waals surface area (Å²) in [6.07, 6.45) is 7.18. The van der Waals surface area contributed by atoms with Crippen molar-refractivity contribution in [3.63, 3.8) is 0 Å². The number of nitrogens with zero attached hydrogens (tertiary/aromatic N) is 3. The van der Waals surface area contributed by atoms with Gasteiger partial charge in [0.05, 0.1) is 0 Å². The van der Waals surface area contributed by atoms with E-state index in [4.69, 9.17) is 4.52 Å². The van der Waals surface area contributed by atoms with Crippen molar-refractivity contribution in [3.8, 4) is 0 Å². The lowest BCUT2D eigenvalue weighted by Gasteiger charge is -2.31. The van der Waals surface area contributed by atoms with Crippen molar-refractivity contribution >= 4 is 13.9 Å². The maximum Gasteiger partial charge on any atom is 0.406 e. The van der Waals surface area contributed by atoms with Crippen LogP contribution in [0.5, 0.6) is 0 Å². The van der Waals surface area contributed by atoms with Gasteiger partial charge in [0, 0.05) is 27.0 Å². The second-order valence-electron chi connectivity index (χ2n) is 10.1. The van der Waals surface area contributed by atoms with E-state index in [0.29, 0.717) is 24.2 Å². The van der Waals surface area contributed by atoms with Gasteiger partial charge in [-0.2, -0.15) is 18.2 Å². The highest BCUT2D eigenvalue weighted by molar-refractivity contribution is 7.48. The van der Waals surface area contributed by atoms with Gasteiger partial charge in [-0.05, 0) is 68.3 Å². The number of hydrogen-bond acceptors (Lipinski definition) is 5. The van der Waals surface area contributed by atoms with E-state index >= 15 is 0 Å². The van der Waals surface area contributed by atoms with Gasteiger partial charge in [-0.1, -0.05) is 79.5 Å². The zero-order valence-corrected chi connectivity index (χ0v) is 23.0. The highest BCUT2D eigenvalue weighted by atomic mass is 31.1. The first kappa shape index (κ1) is 28.7. The number of hydrogen-bond donors (Lipinski definition) is 1. The van der Waals surface area contributed by atoms with E-state index in [1.54, 1.807) is 12.1 Å². The molecule has 2 atom stereocenters. The Hall–Kier alpha value is -2.28. The third-order valence-electron chi connectivity index (χ3n) is 7.13. The molecule has 1 aliphatic rings. The Morgan fingerprint density at radius 1 is 1.05 bits per heavy atom. The molecule has 206 valence electrons. The largest absolute Gasteiger partial charge is 0.406 e. The van der Waals surface area contributed by atoms with E-state index in [1.165, 1.54) is 37.0 Å². The molecule has 1 fully saturated rings. The number of rotatable bonds is 13. The molecule has 2 heterocycles. The molecule has 1 aromatic heterocycles. The Kier molecular flexibility index (Phi) is 10.7. The summed E-state index contributed by atoms with van der Waals surface area (Å²) in [6, 6.07) is 17.6. The van der Waals surface area contributed by atoms with Gasteiger partial charge in [-0.3, -0.25) is 0 Å². The standard InChI is InChI=1S/C29H38F3N4OP/c1-2-3-7-17-33-26(23-8-5-4-6-9-23)16-20-36-18-14-24(15-19-36)28-34-27(35-37-28)21-22-10-12-25(13-11-22)38-29(30,31)32/h4-6,8-13,24,26,33,38H,2-3,7,14-21H2,1H3. The summed E-state index contributed by atoms with van der Waals surface area (Å²) < 4.78 is 43.3. The van der Waals surface area contributed by atoms with Crippen LogP contribution in [0.1, 0.15) is 80.3 Å². The number of alkyl halides is 3. The summed E-state index contributed by atoms with van der Waals surface area (Å²) in [5.74, 6) is -2.67. The van der Waals surface area contributed by atoms with Crippen molar-refractivity contribution < 1.29 is 17.7 Å². The van der Waals surface area contributed by atoms with Crippen LogP contribution in [0, 0.1) is 0 Å². The molecular weight excluding hydrogens is 508 g/mol. The van der Waals surface area contributed by atoms with Crippen LogP contribution in [0.3, 0.4) is 0 Å². The molecule has 2 aromatic carbocycles. The Bertz CT molecular complexity index is 1080. The highest BCUT2D eigenvalue weighted by Crippen LogP contribution is 2.35. The van der Waals surface area contributed by atoms with E-state index in [-0.39, 0.29) is 11.2 Å². The van der Waals surface area contributed by atoms with Gasteiger partial charge in [-0.15, -0.1) is 0 Å². The molecule has 0 bridgehead atoms. The minimum atomic E-state index is -4.17. The number of halogens is 3. The van der Waals surface area contributed by atoms with E-state index in [9.17, 15) is 13.2 Å². The molecule has 0 saturated carbocycles. The molecule has 38 heavy (non-hydrogen) atoms. The number of benzene rings is 2. The fourth-order valence-corrected chi connectivity index (χ4v) is 5.66. The lowest BCUT2D eigenvalue weighted by Crippen LogP contribution is -2.36. The Labute approximate surface area is 225 Å². The predicted octanol–water partition coefficient (Wildman–Crippen LogP) is 6.57. The Morgan fingerprint density at radius 3 is 2.47 bits per heavy atom. The van der Waals surface area contributed by atoms with E-state index in [2.05, 4.69) is 57.6 Å². The number of likely N-dealkylation sites (tertiary alicyclic amines) is 1. The fourth-order valence-electron chi connectivity index (χ4n) is 5.00. The average Bonchev–Trinajstić information content (AvgIpc) is 3.38. The van der Waals surface area contributed by atoms with Crippen molar-refractivity contribution in [3.05, 3.63) is 77.4 Å². The number of aromatic nitrogens is 2. The van der Waals surface area contributed by atoms with Gasteiger partial charge in [0.15, 0.2) is 5.82 Å². The van der Waals surface area contributed by atoms with Gasteiger partial charge in [-0.25, -0.2) is 0 Å². The molecular formula is C29H38F3N4OP. The van der Waals surface area contributed by atoms with Crippen LogP contribution in [0.2, 0.25) is 0 Å². The van der Waals surface area contributed by atoms with Crippen LogP contribution in [-0.2, 0) is 6.42 Å². The fraction of sp³-hybridized carbons (Fsp3) is 0.517. The summed E-state index contributed by atoms with van der Waals surface area (Å²) in [6.45, 7) is 6.33. The van der Waals surface area contributed by atoms with Crippen LogP contribution >= 0.6 is 8.58 Å². The third-order valence-corrected chi connectivity index (χ3v) is 8.04. The smallest absolute Gasteiger partial charge is 0.339 e. The van der Waals surface area contributed by atoms with Gasteiger partial charge >= 0.3 is 5.92 Å². The maximum atomic E-state index is 12.6. The molecule has 9 heteroatoms.